The number of fused-ring (bicyclic) bond motifs is 1. The SMILES string of the molecule is Cc1cc(C)c2c(c1)c(CC(N)C(=O)O)c(C)n2C. The van der Waals surface area contributed by atoms with Crippen LogP contribution in [0.4, 0.5) is 0 Å². The standard InChI is InChI=1S/C15H20N2O2/c1-8-5-9(2)14-12(6-8)11(10(3)17(14)4)7-13(16)15(18)19/h5-6,13H,7,16H2,1-4H3,(H,18,19). The van der Waals surface area contributed by atoms with E-state index in [1.807, 2.05) is 14.0 Å². The molecule has 1 atom stereocenters. The summed E-state index contributed by atoms with van der Waals surface area (Å²) in [6.07, 6.45) is 0.362. The van der Waals surface area contributed by atoms with Crippen LogP contribution < -0.4 is 5.73 Å². The fraction of sp³-hybridized carbons (Fsp3) is 0.400. The second-order valence-electron chi connectivity index (χ2n) is 5.25. The number of hydrogen-bond acceptors (Lipinski definition) is 2. The monoisotopic (exact) mass is 260 g/mol. The van der Waals surface area contributed by atoms with E-state index in [1.54, 1.807) is 0 Å². The van der Waals surface area contributed by atoms with Crippen LogP contribution in [0.3, 0.4) is 0 Å². The van der Waals surface area contributed by atoms with Crippen LogP contribution in [0.5, 0.6) is 0 Å². The van der Waals surface area contributed by atoms with E-state index >= 15 is 0 Å². The number of carboxylic acid groups (broad SMARTS) is 1. The van der Waals surface area contributed by atoms with Gasteiger partial charge in [-0.3, -0.25) is 4.79 Å². The third kappa shape index (κ3) is 2.24. The van der Waals surface area contributed by atoms with Crippen LogP contribution in [0, 0.1) is 20.8 Å². The molecule has 3 N–H and O–H groups in total. The molecular weight excluding hydrogens is 240 g/mol. The van der Waals surface area contributed by atoms with E-state index in [0.717, 1.165) is 22.2 Å². The Kier molecular flexibility index (Phi) is 3.37. The summed E-state index contributed by atoms with van der Waals surface area (Å²) in [7, 11) is 2.01. The van der Waals surface area contributed by atoms with Crippen LogP contribution in [0.1, 0.15) is 22.4 Å². The molecule has 0 fully saturated rings. The van der Waals surface area contributed by atoms with Crippen molar-refractivity contribution in [2.45, 2.75) is 33.2 Å². The van der Waals surface area contributed by atoms with Crippen molar-refractivity contribution in [2.75, 3.05) is 0 Å². The summed E-state index contributed by atoms with van der Waals surface area (Å²) in [5.41, 5.74) is 11.4. The zero-order valence-corrected chi connectivity index (χ0v) is 11.8. The maximum Gasteiger partial charge on any atom is 0.320 e. The van der Waals surface area contributed by atoms with Crippen LogP contribution in [-0.4, -0.2) is 21.7 Å². The summed E-state index contributed by atoms with van der Waals surface area (Å²) in [4.78, 5) is 11.0. The van der Waals surface area contributed by atoms with Gasteiger partial charge in [0.1, 0.15) is 6.04 Å². The molecule has 4 nitrogen and oxygen atoms in total. The molecule has 102 valence electrons. The molecule has 1 aromatic carbocycles. The Morgan fingerprint density at radius 2 is 2.00 bits per heavy atom. The number of aryl methyl sites for hydroxylation is 3. The minimum Gasteiger partial charge on any atom is -0.480 e. The maximum atomic E-state index is 11.0. The van der Waals surface area contributed by atoms with Crippen LogP contribution in [-0.2, 0) is 18.3 Å². The number of aliphatic carboxylic acids is 1. The summed E-state index contributed by atoms with van der Waals surface area (Å²) >= 11 is 0. The van der Waals surface area contributed by atoms with Crippen molar-refractivity contribution in [1.82, 2.24) is 4.57 Å². The third-order valence-corrected chi connectivity index (χ3v) is 3.79. The average molecular weight is 260 g/mol. The largest absolute Gasteiger partial charge is 0.480 e. The van der Waals surface area contributed by atoms with Crippen molar-refractivity contribution in [2.24, 2.45) is 12.8 Å². The molecule has 0 saturated carbocycles. The molecule has 0 radical (unpaired) electrons. The van der Waals surface area contributed by atoms with Gasteiger partial charge in [-0.2, -0.15) is 0 Å². The first-order valence-corrected chi connectivity index (χ1v) is 6.36. The van der Waals surface area contributed by atoms with E-state index in [9.17, 15) is 4.79 Å². The van der Waals surface area contributed by atoms with Gasteiger partial charge in [-0.15, -0.1) is 0 Å². The van der Waals surface area contributed by atoms with Crippen molar-refractivity contribution >= 4 is 16.9 Å². The van der Waals surface area contributed by atoms with E-state index in [-0.39, 0.29) is 0 Å². The second-order valence-corrected chi connectivity index (χ2v) is 5.25. The number of hydrogen-bond donors (Lipinski definition) is 2. The van der Waals surface area contributed by atoms with Gasteiger partial charge in [0.05, 0.1) is 5.52 Å². The first-order chi connectivity index (χ1) is 8.82. The van der Waals surface area contributed by atoms with Gasteiger partial charge in [0.25, 0.3) is 0 Å². The molecule has 1 heterocycles. The number of nitrogens with two attached hydrogens (primary N) is 1. The molecule has 0 amide bonds. The minimum absolute atomic E-state index is 0.362. The summed E-state index contributed by atoms with van der Waals surface area (Å²) in [6, 6.07) is 3.40. The lowest BCUT2D eigenvalue weighted by atomic mass is 10.0. The Balaban J connectivity index is 2.67. The molecule has 0 aliphatic carbocycles. The zero-order chi connectivity index (χ0) is 14.3. The lowest BCUT2D eigenvalue weighted by molar-refractivity contribution is -0.138. The lowest BCUT2D eigenvalue weighted by Gasteiger charge is -2.07. The Hall–Kier alpha value is -1.81. The predicted molar refractivity (Wildman–Crippen MR) is 76.4 cm³/mol. The predicted octanol–water partition coefficient (Wildman–Crippen LogP) is 2.06. The Morgan fingerprint density at radius 3 is 2.58 bits per heavy atom. The van der Waals surface area contributed by atoms with E-state index in [1.165, 1.54) is 11.1 Å². The van der Waals surface area contributed by atoms with E-state index in [0.29, 0.717) is 6.42 Å². The lowest BCUT2D eigenvalue weighted by Crippen LogP contribution is -2.32. The molecule has 0 aliphatic rings. The molecule has 0 bridgehead atoms. The fourth-order valence-electron chi connectivity index (χ4n) is 2.77. The molecule has 0 spiro atoms. The topological polar surface area (TPSA) is 68.2 Å². The Bertz CT molecular complexity index is 656. The Labute approximate surface area is 112 Å². The number of carbonyl (C=O) groups is 1. The highest BCUT2D eigenvalue weighted by Gasteiger charge is 2.19. The summed E-state index contributed by atoms with van der Waals surface area (Å²) in [5, 5.41) is 10.1. The average Bonchev–Trinajstić information content (AvgIpc) is 2.54. The van der Waals surface area contributed by atoms with Crippen LogP contribution in [0.2, 0.25) is 0 Å². The van der Waals surface area contributed by atoms with Crippen LogP contribution >= 0.6 is 0 Å². The normalized spacial score (nSPS) is 12.9. The number of rotatable bonds is 3. The second kappa shape index (κ2) is 4.70. The molecule has 1 aromatic heterocycles. The van der Waals surface area contributed by atoms with Gasteiger partial charge in [-0.25, -0.2) is 0 Å². The molecule has 0 saturated heterocycles. The van der Waals surface area contributed by atoms with Crippen LogP contribution in [0.15, 0.2) is 12.1 Å². The van der Waals surface area contributed by atoms with Gasteiger partial charge in [0.2, 0.25) is 0 Å². The minimum atomic E-state index is -0.958. The summed E-state index contributed by atoms with van der Waals surface area (Å²) in [6.45, 7) is 6.14. The highest BCUT2D eigenvalue weighted by molar-refractivity contribution is 5.89. The molecule has 2 rings (SSSR count). The van der Waals surface area contributed by atoms with Crippen molar-refractivity contribution in [3.63, 3.8) is 0 Å². The number of benzene rings is 1. The molecule has 19 heavy (non-hydrogen) atoms. The fourth-order valence-corrected chi connectivity index (χ4v) is 2.77. The van der Waals surface area contributed by atoms with Gasteiger partial charge < -0.3 is 15.4 Å². The maximum absolute atomic E-state index is 11.0. The van der Waals surface area contributed by atoms with Crippen molar-refractivity contribution in [3.05, 3.63) is 34.5 Å². The zero-order valence-electron chi connectivity index (χ0n) is 11.8. The van der Waals surface area contributed by atoms with Gasteiger partial charge in [0.15, 0.2) is 0 Å². The molecule has 0 aliphatic heterocycles. The third-order valence-electron chi connectivity index (χ3n) is 3.79. The van der Waals surface area contributed by atoms with Gasteiger partial charge in [-0.1, -0.05) is 11.6 Å². The van der Waals surface area contributed by atoms with E-state index in [2.05, 4.69) is 30.5 Å². The molecular formula is C15H20N2O2. The highest BCUT2D eigenvalue weighted by Crippen LogP contribution is 2.29. The first-order valence-electron chi connectivity index (χ1n) is 6.36. The van der Waals surface area contributed by atoms with Crippen molar-refractivity contribution in [1.29, 1.82) is 0 Å². The van der Waals surface area contributed by atoms with Crippen LogP contribution in [0.25, 0.3) is 10.9 Å². The first kappa shape index (κ1) is 13.6. The molecule has 2 aromatic rings. The van der Waals surface area contributed by atoms with Crippen molar-refractivity contribution < 1.29 is 9.90 Å². The number of aromatic nitrogens is 1. The van der Waals surface area contributed by atoms with Gasteiger partial charge >= 0.3 is 5.97 Å². The van der Waals surface area contributed by atoms with Gasteiger partial charge in [0, 0.05) is 24.5 Å². The van der Waals surface area contributed by atoms with Gasteiger partial charge in [-0.05, 0) is 38.0 Å². The smallest absolute Gasteiger partial charge is 0.320 e. The number of carboxylic acids is 1. The summed E-state index contributed by atoms with van der Waals surface area (Å²) < 4.78 is 2.12. The number of nitrogens with zero attached hydrogens (tertiary/aromatic N) is 1. The van der Waals surface area contributed by atoms with E-state index < -0.39 is 12.0 Å². The quantitative estimate of drug-likeness (QED) is 0.887. The van der Waals surface area contributed by atoms with Crippen molar-refractivity contribution in [3.8, 4) is 0 Å². The van der Waals surface area contributed by atoms with E-state index in [4.69, 9.17) is 10.8 Å². The molecule has 4 heteroatoms. The molecule has 1 unspecified atom stereocenters. The summed E-state index contributed by atoms with van der Waals surface area (Å²) in [5.74, 6) is -0.958. The highest BCUT2D eigenvalue weighted by atomic mass is 16.4. The Morgan fingerprint density at radius 1 is 1.37 bits per heavy atom.